The Hall–Kier alpha value is -4.13. The van der Waals surface area contributed by atoms with Crippen molar-refractivity contribution in [2.45, 2.75) is 18.9 Å². The van der Waals surface area contributed by atoms with E-state index in [1.54, 1.807) is 36.4 Å². The predicted octanol–water partition coefficient (Wildman–Crippen LogP) is 5.06. The van der Waals surface area contributed by atoms with Crippen molar-refractivity contribution in [1.82, 2.24) is 0 Å². The number of aliphatic hydroxyl groups is 1. The molecular weight excluding hydrogens is 447 g/mol. The highest BCUT2D eigenvalue weighted by Gasteiger charge is 2.47. The molecule has 0 aromatic heterocycles. The number of Topliss-reactive ketones (excluding diaryl/α,β-unsaturated/α-hetero) is 1. The molecule has 3 aromatic carbocycles. The second kappa shape index (κ2) is 9.25. The van der Waals surface area contributed by atoms with Crippen molar-refractivity contribution in [3.63, 3.8) is 0 Å². The van der Waals surface area contributed by atoms with Gasteiger partial charge in [-0.1, -0.05) is 24.3 Å². The normalized spacial score (nSPS) is 19.4. The third-order valence-corrected chi connectivity index (χ3v) is 6.59. The van der Waals surface area contributed by atoms with E-state index in [0.29, 0.717) is 22.6 Å². The molecule has 0 saturated carbocycles. The molecule has 0 bridgehead atoms. The molecule has 1 N–H and O–H groups in total. The lowest BCUT2D eigenvalue weighted by Gasteiger charge is -2.26. The van der Waals surface area contributed by atoms with Gasteiger partial charge in [0.1, 0.15) is 17.3 Å². The summed E-state index contributed by atoms with van der Waals surface area (Å²) in [6, 6.07) is 18.9. The van der Waals surface area contributed by atoms with Gasteiger partial charge in [0.25, 0.3) is 11.7 Å². The van der Waals surface area contributed by atoms with Gasteiger partial charge in [-0.3, -0.25) is 14.5 Å². The second-order valence-electron chi connectivity index (χ2n) is 8.63. The first-order chi connectivity index (χ1) is 17.0. The average Bonchev–Trinajstić information content (AvgIpc) is 3.51. The number of hydrogen-bond acceptors (Lipinski definition) is 5. The molecule has 1 atom stereocenters. The van der Waals surface area contributed by atoms with Crippen LogP contribution in [0.4, 0.5) is 15.8 Å². The quantitative estimate of drug-likeness (QED) is 0.319. The fourth-order valence-corrected chi connectivity index (χ4v) is 4.84. The monoisotopic (exact) mass is 472 g/mol. The number of carbonyl (C=O) groups excluding carboxylic acids is 2. The van der Waals surface area contributed by atoms with Crippen LogP contribution in [-0.2, 0) is 9.59 Å². The molecule has 2 fully saturated rings. The highest BCUT2D eigenvalue weighted by atomic mass is 19.1. The molecule has 5 rings (SSSR count). The van der Waals surface area contributed by atoms with Gasteiger partial charge in [0.2, 0.25) is 0 Å². The molecule has 0 spiro atoms. The Labute approximate surface area is 202 Å². The van der Waals surface area contributed by atoms with Crippen LogP contribution in [0.5, 0.6) is 5.75 Å². The van der Waals surface area contributed by atoms with Crippen molar-refractivity contribution in [3.8, 4) is 5.75 Å². The molecule has 178 valence electrons. The van der Waals surface area contributed by atoms with Crippen LogP contribution in [-0.4, -0.2) is 37.0 Å². The lowest BCUT2D eigenvalue weighted by molar-refractivity contribution is -0.132. The molecule has 2 saturated heterocycles. The minimum Gasteiger partial charge on any atom is -0.507 e. The van der Waals surface area contributed by atoms with Gasteiger partial charge < -0.3 is 14.7 Å². The number of nitrogens with zero attached hydrogens (tertiary/aromatic N) is 2. The Balaban J connectivity index is 1.64. The smallest absolute Gasteiger partial charge is 0.300 e. The van der Waals surface area contributed by atoms with Crippen LogP contribution in [0.15, 0.2) is 78.4 Å². The number of carbonyl (C=O) groups is 2. The minimum absolute atomic E-state index is 0.0743. The summed E-state index contributed by atoms with van der Waals surface area (Å²) in [5, 5.41) is 11.3. The van der Waals surface area contributed by atoms with Crippen molar-refractivity contribution in [2.24, 2.45) is 0 Å². The molecule has 2 aliphatic heterocycles. The maximum atomic E-state index is 13.7. The number of methoxy groups -OCH3 is 1. The summed E-state index contributed by atoms with van der Waals surface area (Å²) in [5.41, 5.74) is 2.29. The lowest BCUT2D eigenvalue weighted by atomic mass is 9.95. The number of ketones is 1. The summed E-state index contributed by atoms with van der Waals surface area (Å²) in [7, 11) is 1.46. The van der Waals surface area contributed by atoms with Crippen molar-refractivity contribution < 1.29 is 23.8 Å². The minimum atomic E-state index is -0.932. The van der Waals surface area contributed by atoms with E-state index in [4.69, 9.17) is 4.74 Å². The molecule has 1 amide bonds. The van der Waals surface area contributed by atoms with Crippen LogP contribution in [0.3, 0.4) is 0 Å². The summed E-state index contributed by atoms with van der Waals surface area (Å²) >= 11 is 0. The Kier molecular flexibility index (Phi) is 5.99. The first-order valence-electron chi connectivity index (χ1n) is 11.5. The molecule has 7 heteroatoms. The molecule has 35 heavy (non-hydrogen) atoms. The van der Waals surface area contributed by atoms with Crippen LogP contribution in [0.2, 0.25) is 0 Å². The lowest BCUT2D eigenvalue weighted by Crippen LogP contribution is -2.29. The molecule has 3 aromatic rings. The van der Waals surface area contributed by atoms with E-state index in [-0.39, 0.29) is 11.3 Å². The van der Waals surface area contributed by atoms with E-state index >= 15 is 0 Å². The summed E-state index contributed by atoms with van der Waals surface area (Å²) in [6.45, 7) is 1.97. The van der Waals surface area contributed by atoms with Crippen molar-refractivity contribution >= 4 is 28.8 Å². The number of aliphatic hydroxyl groups excluding tert-OH is 1. The highest BCUT2D eigenvalue weighted by molar-refractivity contribution is 6.51. The third kappa shape index (κ3) is 4.03. The predicted molar refractivity (Wildman–Crippen MR) is 132 cm³/mol. The van der Waals surface area contributed by atoms with Gasteiger partial charge in [-0.2, -0.15) is 0 Å². The first-order valence-corrected chi connectivity index (χ1v) is 11.5. The number of hydrogen-bond donors (Lipinski definition) is 1. The van der Waals surface area contributed by atoms with Gasteiger partial charge in [0.15, 0.2) is 0 Å². The zero-order chi connectivity index (χ0) is 24.5. The largest absolute Gasteiger partial charge is 0.507 e. The summed E-state index contributed by atoms with van der Waals surface area (Å²) in [6.07, 6.45) is 2.29. The SMILES string of the molecule is COc1ccccc1/C(O)=C1\C(=O)C(=O)N(c2ccc(N3CCCC3)cc2)C1c1ccc(F)cc1. The van der Waals surface area contributed by atoms with E-state index in [9.17, 15) is 19.1 Å². The molecule has 0 aliphatic carbocycles. The number of benzene rings is 3. The third-order valence-electron chi connectivity index (χ3n) is 6.59. The summed E-state index contributed by atoms with van der Waals surface area (Å²) in [5.74, 6) is -1.99. The van der Waals surface area contributed by atoms with Crippen LogP contribution < -0.4 is 14.5 Å². The summed E-state index contributed by atoms with van der Waals surface area (Å²) in [4.78, 5) is 30.3. The molecule has 0 radical (unpaired) electrons. The highest BCUT2D eigenvalue weighted by Crippen LogP contribution is 2.43. The van der Waals surface area contributed by atoms with Gasteiger partial charge in [-0.25, -0.2) is 4.39 Å². The van der Waals surface area contributed by atoms with Crippen molar-refractivity contribution in [2.75, 3.05) is 30.0 Å². The molecule has 2 heterocycles. The van der Waals surface area contributed by atoms with Gasteiger partial charge >= 0.3 is 0 Å². The topological polar surface area (TPSA) is 70.1 Å². The number of halogens is 1. The molecule has 6 nitrogen and oxygen atoms in total. The van der Waals surface area contributed by atoms with Crippen LogP contribution in [0, 0.1) is 5.82 Å². The zero-order valence-corrected chi connectivity index (χ0v) is 19.3. The standard InChI is InChI=1S/C28H25FN2O4/c1-35-23-7-3-2-6-22(23)26(32)24-25(18-8-10-19(29)11-9-18)31(28(34)27(24)33)21-14-12-20(13-15-21)30-16-4-5-17-30/h2-3,6-15,25,32H,4-5,16-17H2,1H3/b26-24+. The van der Waals surface area contributed by atoms with E-state index in [1.807, 2.05) is 12.1 Å². The maximum absolute atomic E-state index is 13.7. The first kappa shape index (κ1) is 22.7. The number of ether oxygens (including phenoxy) is 1. The number of amides is 1. The molecule has 2 aliphatic rings. The van der Waals surface area contributed by atoms with Crippen LogP contribution in [0.25, 0.3) is 5.76 Å². The second-order valence-corrected chi connectivity index (χ2v) is 8.63. The zero-order valence-electron chi connectivity index (χ0n) is 19.3. The van der Waals surface area contributed by atoms with Crippen molar-refractivity contribution in [3.05, 3.63) is 95.3 Å². The fourth-order valence-electron chi connectivity index (χ4n) is 4.84. The number of para-hydroxylation sites is 1. The van der Waals surface area contributed by atoms with Gasteiger partial charge in [0.05, 0.1) is 24.3 Å². The number of rotatable bonds is 5. The van der Waals surface area contributed by atoms with E-state index in [2.05, 4.69) is 4.90 Å². The van der Waals surface area contributed by atoms with Crippen molar-refractivity contribution in [1.29, 1.82) is 0 Å². The van der Waals surface area contributed by atoms with E-state index < -0.39 is 23.5 Å². The van der Waals surface area contributed by atoms with Gasteiger partial charge in [0, 0.05) is 24.5 Å². The number of anilines is 2. The maximum Gasteiger partial charge on any atom is 0.300 e. The van der Waals surface area contributed by atoms with Gasteiger partial charge in [-0.05, 0) is 66.9 Å². The summed E-state index contributed by atoms with van der Waals surface area (Å²) < 4.78 is 19.1. The Morgan fingerprint density at radius 3 is 2.20 bits per heavy atom. The average molecular weight is 473 g/mol. The Morgan fingerprint density at radius 2 is 1.54 bits per heavy atom. The van der Waals surface area contributed by atoms with Gasteiger partial charge in [-0.15, -0.1) is 0 Å². The Bertz CT molecular complexity index is 1300. The van der Waals surface area contributed by atoms with E-state index in [0.717, 1.165) is 31.6 Å². The Morgan fingerprint density at radius 1 is 0.914 bits per heavy atom. The molecular formula is C28H25FN2O4. The molecule has 1 unspecified atom stereocenters. The van der Waals surface area contributed by atoms with Crippen LogP contribution >= 0.6 is 0 Å². The fraction of sp³-hybridized carbons (Fsp3) is 0.214. The van der Waals surface area contributed by atoms with E-state index in [1.165, 1.54) is 36.3 Å². The van der Waals surface area contributed by atoms with Crippen LogP contribution in [0.1, 0.15) is 30.0 Å².